The number of nitrogens with zero attached hydrogens (tertiary/aromatic N) is 2. The first-order chi connectivity index (χ1) is 14.0. The molecule has 1 N–H and O–H groups in total. The van der Waals surface area contributed by atoms with Crippen LogP contribution in [0.3, 0.4) is 0 Å². The summed E-state index contributed by atoms with van der Waals surface area (Å²) >= 11 is 6.53. The van der Waals surface area contributed by atoms with Crippen molar-refractivity contribution < 1.29 is 14.7 Å². The number of carbonyl (C=O) groups excluding carboxylic acids is 1. The Morgan fingerprint density at radius 2 is 2.00 bits per heavy atom. The normalized spacial score (nSPS) is 18.9. The second-order valence-electron chi connectivity index (χ2n) is 7.12. The SMILES string of the molecule is CN1CCCc2cc(/C=C3\SC(=S)N([C@H](C(=O)O)c4ccccc4)C3=O)ccc21. The van der Waals surface area contributed by atoms with Gasteiger partial charge in [0.2, 0.25) is 0 Å². The van der Waals surface area contributed by atoms with Crippen LogP contribution in [0.4, 0.5) is 5.69 Å². The Morgan fingerprint density at radius 1 is 1.24 bits per heavy atom. The summed E-state index contributed by atoms with van der Waals surface area (Å²) in [4.78, 5) is 28.9. The monoisotopic (exact) mass is 424 g/mol. The van der Waals surface area contributed by atoms with Crippen LogP contribution in [0, 0.1) is 0 Å². The van der Waals surface area contributed by atoms with Crippen LogP contribution < -0.4 is 4.90 Å². The number of hydrogen-bond acceptors (Lipinski definition) is 5. The fourth-order valence-electron chi connectivity index (χ4n) is 3.79. The zero-order chi connectivity index (χ0) is 20.5. The van der Waals surface area contributed by atoms with Gasteiger partial charge in [-0.15, -0.1) is 0 Å². The summed E-state index contributed by atoms with van der Waals surface area (Å²) < 4.78 is 0.259. The third-order valence-electron chi connectivity index (χ3n) is 5.18. The molecule has 0 aromatic heterocycles. The summed E-state index contributed by atoms with van der Waals surface area (Å²) in [6.07, 6.45) is 3.92. The fraction of sp³-hybridized carbons (Fsp3) is 0.227. The molecule has 1 amide bonds. The Kier molecular flexibility index (Phi) is 5.43. The van der Waals surface area contributed by atoms with Crippen LogP contribution in [0.1, 0.15) is 29.2 Å². The number of thiocarbonyl (C=S) groups is 1. The number of amides is 1. The van der Waals surface area contributed by atoms with Gasteiger partial charge in [-0.2, -0.15) is 0 Å². The van der Waals surface area contributed by atoms with Gasteiger partial charge < -0.3 is 10.0 Å². The highest BCUT2D eigenvalue weighted by Crippen LogP contribution is 2.39. The van der Waals surface area contributed by atoms with Crippen molar-refractivity contribution in [2.24, 2.45) is 0 Å². The van der Waals surface area contributed by atoms with E-state index in [1.54, 1.807) is 36.4 Å². The van der Waals surface area contributed by atoms with Crippen LogP contribution >= 0.6 is 24.0 Å². The number of carboxylic acids is 1. The van der Waals surface area contributed by atoms with Crippen LogP contribution in [0.25, 0.3) is 6.08 Å². The Morgan fingerprint density at radius 3 is 2.72 bits per heavy atom. The second kappa shape index (κ2) is 8.00. The van der Waals surface area contributed by atoms with E-state index in [1.807, 2.05) is 6.07 Å². The number of rotatable bonds is 4. The van der Waals surface area contributed by atoms with Gasteiger partial charge in [-0.3, -0.25) is 9.69 Å². The van der Waals surface area contributed by atoms with Gasteiger partial charge in [0.25, 0.3) is 5.91 Å². The Hall–Kier alpha value is -2.64. The molecule has 0 aliphatic carbocycles. The third-order valence-corrected chi connectivity index (χ3v) is 6.51. The maximum Gasteiger partial charge on any atom is 0.331 e. The number of anilines is 1. The summed E-state index contributed by atoms with van der Waals surface area (Å²) in [5.74, 6) is -1.48. The molecule has 29 heavy (non-hydrogen) atoms. The summed E-state index contributed by atoms with van der Waals surface area (Å²) in [5, 5.41) is 9.77. The number of fused-ring (bicyclic) bond motifs is 1. The van der Waals surface area contributed by atoms with Crippen LogP contribution in [0.2, 0.25) is 0 Å². The van der Waals surface area contributed by atoms with Gasteiger partial charge in [0.05, 0.1) is 4.91 Å². The predicted octanol–water partition coefficient (Wildman–Crippen LogP) is 4.10. The van der Waals surface area contributed by atoms with Crippen molar-refractivity contribution >= 4 is 51.9 Å². The molecule has 5 nitrogen and oxygen atoms in total. The van der Waals surface area contributed by atoms with Crippen molar-refractivity contribution in [1.29, 1.82) is 0 Å². The third kappa shape index (κ3) is 3.80. The lowest BCUT2D eigenvalue weighted by atomic mass is 9.99. The van der Waals surface area contributed by atoms with Crippen molar-refractivity contribution in [2.45, 2.75) is 18.9 Å². The van der Waals surface area contributed by atoms with E-state index < -0.39 is 12.0 Å². The largest absolute Gasteiger partial charge is 0.479 e. The molecule has 7 heteroatoms. The number of aryl methyl sites for hydroxylation is 1. The van der Waals surface area contributed by atoms with Crippen LogP contribution in [-0.4, -0.2) is 39.8 Å². The van der Waals surface area contributed by atoms with Crippen molar-refractivity contribution in [3.63, 3.8) is 0 Å². The van der Waals surface area contributed by atoms with Gasteiger partial charge in [-0.25, -0.2) is 4.79 Å². The molecular weight excluding hydrogens is 404 g/mol. The minimum absolute atomic E-state index is 0.259. The smallest absolute Gasteiger partial charge is 0.331 e. The fourth-order valence-corrected chi connectivity index (χ4v) is 5.10. The minimum Gasteiger partial charge on any atom is -0.479 e. The molecule has 4 rings (SSSR count). The Labute approximate surface area is 179 Å². The molecule has 1 atom stereocenters. The number of carboxylic acid groups (broad SMARTS) is 1. The maximum absolute atomic E-state index is 13.1. The summed E-state index contributed by atoms with van der Waals surface area (Å²) in [5.41, 5.74) is 3.92. The van der Waals surface area contributed by atoms with E-state index in [9.17, 15) is 14.7 Å². The average molecular weight is 425 g/mol. The lowest BCUT2D eigenvalue weighted by molar-refractivity contribution is -0.145. The highest BCUT2D eigenvalue weighted by molar-refractivity contribution is 8.26. The van der Waals surface area contributed by atoms with Gasteiger partial charge in [-0.05, 0) is 47.7 Å². The Balaban J connectivity index is 1.65. The molecule has 2 aromatic carbocycles. The van der Waals surface area contributed by atoms with Crippen LogP contribution in [-0.2, 0) is 16.0 Å². The summed E-state index contributed by atoms with van der Waals surface area (Å²) in [6.45, 7) is 1.04. The molecule has 0 bridgehead atoms. The number of aliphatic carboxylic acids is 1. The zero-order valence-corrected chi connectivity index (χ0v) is 17.5. The first kappa shape index (κ1) is 19.7. The van der Waals surface area contributed by atoms with Crippen LogP contribution in [0.5, 0.6) is 0 Å². The van der Waals surface area contributed by atoms with E-state index in [0.29, 0.717) is 10.5 Å². The standard InChI is InChI=1S/C22H20N2O3S2/c1-23-11-5-8-16-12-14(9-10-17(16)23)13-18-20(25)24(22(28)29-18)19(21(26)27)15-6-3-2-4-7-15/h2-4,6-7,9-10,12-13,19H,5,8,11H2,1H3,(H,26,27)/b18-13-/t19-/m0/s1. The van der Waals surface area contributed by atoms with Gasteiger partial charge in [0.1, 0.15) is 4.32 Å². The second-order valence-corrected chi connectivity index (χ2v) is 8.79. The van der Waals surface area contributed by atoms with Gasteiger partial charge in [0, 0.05) is 19.3 Å². The molecule has 148 valence electrons. The van der Waals surface area contributed by atoms with Crippen molar-refractivity contribution in [3.05, 3.63) is 70.1 Å². The molecule has 0 spiro atoms. The van der Waals surface area contributed by atoms with Crippen LogP contribution in [0.15, 0.2) is 53.4 Å². The summed E-state index contributed by atoms with van der Waals surface area (Å²) in [6, 6.07) is 13.7. The zero-order valence-electron chi connectivity index (χ0n) is 15.9. The molecule has 2 heterocycles. The first-order valence-corrected chi connectivity index (χ1v) is 10.6. The van der Waals surface area contributed by atoms with E-state index in [0.717, 1.165) is 36.7 Å². The van der Waals surface area contributed by atoms with E-state index in [1.165, 1.54) is 16.2 Å². The quantitative estimate of drug-likeness (QED) is 0.589. The lowest BCUT2D eigenvalue weighted by Crippen LogP contribution is -2.37. The predicted molar refractivity (Wildman–Crippen MR) is 120 cm³/mol. The van der Waals surface area contributed by atoms with Gasteiger partial charge >= 0.3 is 5.97 Å². The Bertz CT molecular complexity index is 1020. The van der Waals surface area contributed by atoms with Crippen molar-refractivity contribution in [1.82, 2.24) is 4.90 Å². The molecule has 1 saturated heterocycles. The highest BCUT2D eigenvalue weighted by atomic mass is 32.2. The molecule has 2 aromatic rings. The molecule has 0 unspecified atom stereocenters. The van der Waals surface area contributed by atoms with E-state index in [2.05, 4.69) is 24.1 Å². The number of hydrogen-bond donors (Lipinski definition) is 1. The molecular formula is C22H20N2O3S2. The molecule has 2 aliphatic heterocycles. The molecule has 0 radical (unpaired) electrons. The topological polar surface area (TPSA) is 60.9 Å². The van der Waals surface area contributed by atoms with Crippen molar-refractivity contribution in [2.75, 3.05) is 18.5 Å². The first-order valence-electron chi connectivity index (χ1n) is 9.34. The highest BCUT2D eigenvalue weighted by Gasteiger charge is 2.41. The maximum atomic E-state index is 13.1. The van der Waals surface area contributed by atoms with Crippen molar-refractivity contribution in [3.8, 4) is 0 Å². The number of carbonyl (C=O) groups is 2. The number of thioether (sulfide) groups is 1. The van der Waals surface area contributed by atoms with E-state index in [4.69, 9.17) is 12.2 Å². The molecule has 0 saturated carbocycles. The lowest BCUT2D eigenvalue weighted by Gasteiger charge is -2.27. The van der Waals surface area contributed by atoms with Gasteiger partial charge in [-0.1, -0.05) is 60.4 Å². The number of benzene rings is 2. The minimum atomic E-state index is -1.13. The van der Waals surface area contributed by atoms with Gasteiger partial charge in [0.15, 0.2) is 6.04 Å². The molecule has 2 aliphatic rings. The summed E-state index contributed by atoms with van der Waals surface area (Å²) in [7, 11) is 2.08. The van der Waals surface area contributed by atoms with E-state index >= 15 is 0 Å². The average Bonchev–Trinajstić information content (AvgIpc) is 2.97. The van der Waals surface area contributed by atoms with E-state index in [-0.39, 0.29) is 10.2 Å². The molecule has 1 fully saturated rings.